The Morgan fingerprint density at radius 1 is 0.957 bits per heavy atom. The van der Waals surface area contributed by atoms with Gasteiger partial charge in [0.15, 0.2) is 0 Å². The van der Waals surface area contributed by atoms with Gasteiger partial charge in [0.05, 0.1) is 0 Å². The van der Waals surface area contributed by atoms with E-state index >= 15 is 0 Å². The lowest BCUT2D eigenvalue weighted by Gasteiger charge is -2.26. The molecule has 0 aliphatic heterocycles. The van der Waals surface area contributed by atoms with Gasteiger partial charge in [-0.25, -0.2) is 0 Å². The number of amides is 1. The van der Waals surface area contributed by atoms with E-state index in [9.17, 15) is 14.4 Å². The molecule has 4 nitrogen and oxygen atoms in total. The SMILES string of the molecule is CC(=O)NC1(SCc2ccccc2)C(=O)c2ccccc2C1=O. The van der Waals surface area contributed by atoms with Gasteiger partial charge in [-0.3, -0.25) is 14.4 Å². The summed E-state index contributed by atoms with van der Waals surface area (Å²) in [6.45, 7) is 1.31. The number of ketones is 2. The van der Waals surface area contributed by atoms with Crippen molar-refractivity contribution in [3.8, 4) is 0 Å². The number of benzene rings is 2. The fraction of sp³-hybridized carbons (Fsp3) is 0.167. The molecule has 1 aliphatic carbocycles. The first-order chi connectivity index (χ1) is 11.0. The molecule has 1 amide bonds. The van der Waals surface area contributed by atoms with E-state index < -0.39 is 10.8 Å². The van der Waals surface area contributed by atoms with Crippen molar-refractivity contribution in [2.24, 2.45) is 0 Å². The number of nitrogens with one attached hydrogen (secondary N) is 1. The molecule has 0 heterocycles. The third kappa shape index (κ3) is 2.68. The molecule has 0 saturated carbocycles. The Labute approximate surface area is 138 Å². The molecule has 1 aliphatic rings. The number of Topliss-reactive ketones (excluding diaryl/α,β-unsaturated/α-hetero) is 2. The lowest BCUT2D eigenvalue weighted by atomic mass is 10.1. The molecule has 2 aromatic carbocycles. The number of thioether (sulfide) groups is 1. The predicted octanol–water partition coefficient (Wildman–Crippen LogP) is 2.83. The predicted molar refractivity (Wildman–Crippen MR) is 89.4 cm³/mol. The summed E-state index contributed by atoms with van der Waals surface area (Å²) in [4.78, 5) is 35.7. The van der Waals surface area contributed by atoms with E-state index in [2.05, 4.69) is 5.32 Å². The van der Waals surface area contributed by atoms with E-state index in [1.165, 1.54) is 6.92 Å². The molecule has 0 aromatic heterocycles. The van der Waals surface area contributed by atoms with Crippen LogP contribution in [-0.2, 0) is 10.5 Å². The second-order valence-corrected chi connectivity index (χ2v) is 6.53. The Morgan fingerprint density at radius 3 is 2.00 bits per heavy atom. The van der Waals surface area contributed by atoms with Crippen molar-refractivity contribution in [3.05, 3.63) is 71.3 Å². The van der Waals surface area contributed by atoms with Crippen LogP contribution in [-0.4, -0.2) is 22.3 Å². The zero-order valence-electron chi connectivity index (χ0n) is 12.5. The first-order valence-corrected chi connectivity index (χ1v) is 8.18. The van der Waals surface area contributed by atoms with E-state index in [1.54, 1.807) is 24.3 Å². The van der Waals surface area contributed by atoms with E-state index in [4.69, 9.17) is 0 Å². The minimum atomic E-state index is -1.56. The summed E-state index contributed by atoms with van der Waals surface area (Å²) in [5, 5.41) is 2.60. The van der Waals surface area contributed by atoms with Gasteiger partial charge in [-0.2, -0.15) is 0 Å². The van der Waals surface area contributed by atoms with Crippen LogP contribution in [0.3, 0.4) is 0 Å². The topological polar surface area (TPSA) is 63.2 Å². The van der Waals surface area contributed by atoms with Crippen LogP contribution in [0.1, 0.15) is 33.2 Å². The summed E-state index contributed by atoms with van der Waals surface area (Å²) >= 11 is 1.15. The molecule has 0 unspecified atom stereocenters. The minimum Gasteiger partial charge on any atom is -0.329 e. The van der Waals surface area contributed by atoms with Gasteiger partial charge >= 0.3 is 0 Å². The smallest absolute Gasteiger partial charge is 0.218 e. The number of hydrogen-bond donors (Lipinski definition) is 1. The highest BCUT2D eigenvalue weighted by Gasteiger charge is 2.54. The molecule has 0 spiro atoms. The Balaban J connectivity index is 1.97. The molecule has 1 N–H and O–H groups in total. The van der Waals surface area contributed by atoms with Crippen molar-refractivity contribution < 1.29 is 14.4 Å². The molecule has 0 fully saturated rings. The monoisotopic (exact) mass is 325 g/mol. The number of hydrogen-bond acceptors (Lipinski definition) is 4. The van der Waals surface area contributed by atoms with Crippen LogP contribution in [0.4, 0.5) is 0 Å². The second-order valence-electron chi connectivity index (χ2n) is 5.34. The Bertz CT molecular complexity index is 751. The molecule has 0 radical (unpaired) electrons. The van der Waals surface area contributed by atoms with Gasteiger partial charge in [-0.15, -0.1) is 11.8 Å². The molecular formula is C18H15NO3S. The van der Waals surface area contributed by atoms with Crippen LogP contribution in [0, 0.1) is 0 Å². The maximum atomic E-state index is 12.8. The average molecular weight is 325 g/mol. The standard InChI is InChI=1S/C18H15NO3S/c1-12(20)19-18(23-11-13-7-3-2-4-8-13)16(21)14-9-5-6-10-15(14)17(18)22/h2-10H,11H2,1H3,(H,19,20). The second kappa shape index (κ2) is 6.01. The molecule has 5 heteroatoms. The summed E-state index contributed by atoms with van der Waals surface area (Å²) in [6, 6.07) is 16.2. The van der Waals surface area contributed by atoms with Crippen LogP contribution in [0.25, 0.3) is 0 Å². The van der Waals surface area contributed by atoms with Crippen molar-refractivity contribution in [1.29, 1.82) is 0 Å². The molecule has 0 saturated heterocycles. The summed E-state index contributed by atoms with van der Waals surface area (Å²) in [7, 11) is 0. The Hall–Kier alpha value is -2.40. The number of rotatable bonds is 4. The van der Waals surface area contributed by atoms with Crippen molar-refractivity contribution in [2.45, 2.75) is 17.5 Å². The van der Waals surface area contributed by atoms with Crippen LogP contribution in [0.15, 0.2) is 54.6 Å². The zero-order valence-corrected chi connectivity index (χ0v) is 13.4. The maximum absolute atomic E-state index is 12.8. The van der Waals surface area contributed by atoms with Crippen LogP contribution >= 0.6 is 11.8 Å². The summed E-state index contributed by atoms with van der Waals surface area (Å²) < 4.78 is 0. The van der Waals surface area contributed by atoms with Gasteiger partial charge in [-0.05, 0) is 5.56 Å². The van der Waals surface area contributed by atoms with E-state index in [0.717, 1.165) is 17.3 Å². The quantitative estimate of drug-likeness (QED) is 0.693. The Kier molecular flexibility index (Phi) is 4.05. The van der Waals surface area contributed by atoms with Gasteiger partial charge in [0.1, 0.15) is 0 Å². The fourth-order valence-electron chi connectivity index (χ4n) is 2.66. The first kappa shape index (κ1) is 15.5. The highest BCUT2D eigenvalue weighted by Crippen LogP contribution is 2.39. The van der Waals surface area contributed by atoms with E-state index in [-0.39, 0.29) is 11.6 Å². The van der Waals surface area contributed by atoms with Crippen molar-refractivity contribution in [2.75, 3.05) is 0 Å². The van der Waals surface area contributed by atoms with Gasteiger partial charge in [0.25, 0.3) is 0 Å². The van der Waals surface area contributed by atoms with Crippen molar-refractivity contribution in [3.63, 3.8) is 0 Å². The van der Waals surface area contributed by atoms with Crippen molar-refractivity contribution in [1.82, 2.24) is 5.32 Å². The van der Waals surface area contributed by atoms with Crippen LogP contribution in [0.5, 0.6) is 0 Å². The molecular weight excluding hydrogens is 310 g/mol. The molecule has 0 bridgehead atoms. The lowest BCUT2D eigenvalue weighted by Crippen LogP contribution is -2.53. The largest absolute Gasteiger partial charge is 0.329 e. The normalized spacial score (nSPS) is 15.3. The maximum Gasteiger partial charge on any atom is 0.218 e. The first-order valence-electron chi connectivity index (χ1n) is 7.20. The Morgan fingerprint density at radius 2 is 1.48 bits per heavy atom. The van der Waals surface area contributed by atoms with Crippen LogP contribution in [0.2, 0.25) is 0 Å². The summed E-state index contributed by atoms with van der Waals surface area (Å²) in [5.41, 5.74) is 1.72. The zero-order chi connectivity index (χ0) is 16.4. The van der Waals surface area contributed by atoms with E-state index in [0.29, 0.717) is 16.9 Å². The van der Waals surface area contributed by atoms with Crippen LogP contribution < -0.4 is 5.32 Å². The summed E-state index contributed by atoms with van der Waals surface area (Å²) in [6.07, 6.45) is 0. The average Bonchev–Trinajstić information content (AvgIpc) is 2.76. The molecule has 2 aromatic rings. The van der Waals surface area contributed by atoms with E-state index in [1.807, 2.05) is 30.3 Å². The minimum absolute atomic E-state index is 0.353. The number of fused-ring (bicyclic) bond motifs is 1. The third-order valence-electron chi connectivity index (χ3n) is 3.71. The third-order valence-corrected chi connectivity index (χ3v) is 5.09. The number of carbonyl (C=O) groups excluding carboxylic acids is 3. The molecule has 116 valence electrons. The van der Waals surface area contributed by atoms with Gasteiger partial charge in [0.2, 0.25) is 22.3 Å². The van der Waals surface area contributed by atoms with Gasteiger partial charge < -0.3 is 5.32 Å². The summed E-state index contributed by atoms with van der Waals surface area (Å²) in [5.74, 6) is -0.657. The number of carbonyl (C=O) groups is 3. The lowest BCUT2D eigenvalue weighted by molar-refractivity contribution is -0.119. The highest BCUT2D eigenvalue weighted by molar-refractivity contribution is 8.01. The highest BCUT2D eigenvalue weighted by atomic mass is 32.2. The van der Waals surface area contributed by atoms with Gasteiger partial charge in [0, 0.05) is 23.8 Å². The molecule has 3 rings (SSSR count). The van der Waals surface area contributed by atoms with Gasteiger partial charge in [-0.1, -0.05) is 54.6 Å². The molecule has 23 heavy (non-hydrogen) atoms. The fourth-order valence-corrected chi connectivity index (χ4v) is 3.93. The molecule has 0 atom stereocenters. The van der Waals surface area contributed by atoms with Crippen molar-refractivity contribution >= 4 is 29.2 Å².